The van der Waals surface area contributed by atoms with Crippen LogP contribution in [0.1, 0.15) is 22.3 Å². The topological polar surface area (TPSA) is 29.5 Å². The molecular formula is C14H18BrNO2S. The maximum absolute atomic E-state index is 11.5. The molecule has 0 aromatic heterocycles. The summed E-state index contributed by atoms with van der Waals surface area (Å²) in [6.07, 6.45) is 1.26. The molecule has 1 saturated heterocycles. The summed E-state index contributed by atoms with van der Waals surface area (Å²) in [5, 5.41) is 0. The van der Waals surface area contributed by atoms with Gasteiger partial charge in [-0.1, -0.05) is 22.0 Å². The number of hydrogen-bond donors (Lipinski definition) is 0. The first-order valence-corrected chi connectivity index (χ1v) is 8.21. The molecule has 0 radical (unpaired) electrons. The van der Waals surface area contributed by atoms with E-state index in [4.69, 9.17) is 4.74 Å². The molecule has 0 N–H and O–H groups in total. The standard InChI is InChI=1S/C14H18BrNO2S/c1-16(12-5-6-19-9-12)8-11-4-3-10(7-13(11)15)14(17)18-2/h3-4,7,12H,5-6,8-9H2,1-2H3. The summed E-state index contributed by atoms with van der Waals surface area (Å²) < 4.78 is 5.69. The highest BCUT2D eigenvalue weighted by Gasteiger charge is 2.20. The van der Waals surface area contributed by atoms with Gasteiger partial charge in [0.1, 0.15) is 0 Å². The molecule has 1 aromatic rings. The number of benzene rings is 1. The fourth-order valence-corrected chi connectivity index (χ4v) is 3.99. The Morgan fingerprint density at radius 1 is 1.58 bits per heavy atom. The van der Waals surface area contributed by atoms with Crippen LogP contribution in [0, 0.1) is 0 Å². The number of halogens is 1. The molecule has 2 rings (SSSR count). The number of methoxy groups -OCH3 is 1. The minimum atomic E-state index is -0.298. The van der Waals surface area contributed by atoms with Crippen molar-refractivity contribution in [2.45, 2.75) is 19.0 Å². The van der Waals surface area contributed by atoms with Gasteiger partial charge in [0.05, 0.1) is 12.7 Å². The lowest BCUT2D eigenvalue weighted by Gasteiger charge is -2.24. The Labute approximate surface area is 126 Å². The predicted molar refractivity (Wildman–Crippen MR) is 82.7 cm³/mol. The summed E-state index contributed by atoms with van der Waals surface area (Å²) in [6.45, 7) is 0.896. The Balaban J connectivity index is 2.06. The first-order valence-electron chi connectivity index (χ1n) is 6.26. The average Bonchev–Trinajstić information content (AvgIpc) is 2.94. The van der Waals surface area contributed by atoms with E-state index in [-0.39, 0.29) is 5.97 Å². The molecular weight excluding hydrogens is 326 g/mol. The fourth-order valence-electron chi connectivity index (χ4n) is 2.19. The number of thioether (sulfide) groups is 1. The van der Waals surface area contributed by atoms with Crippen LogP contribution in [0.2, 0.25) is 0 Å². The second-order valence-electron chi connectivity index (χ2n) is 4.73. The molecule has 0 aliphatic carbocycles. The van der Waals surface area contributed by atoms with E-state index in [9.17, 15) is 4.79 Å². The second kappa shape index (κ2) is 6.77. The summed E-state index contributed by atoms with van der Waals surface area (Å²) >= 11 is 5.56. The van der Waals surface area contributed by atoms with Crippen molar-refractivity contribution >= 4 is 33.7 Å². The maximum atomic E-state index is 11.5. The number of nitrogens with zero attached hydrogens (tertiary/aromatic N) is 1. The van der Waals surface area contributed by atoms with Gasteiger partial charge in [0.2, 0.25) is 0 Å². The molecule has 104 valence electrons. The van der Waals surface area contributed by atoms with Gasteiger partial charge >= 0.3 is 5.97 Å². The number of carbonyl (C=O) groups is 1. The Morgan fingerprint density at radius 2 is 2.37 bits per heavy atom. The van der Waals surface area contributed by atoms with E-state index in [0.717, 1.165) is 11.0 Å². The molecule has 1 atom stereocenters. The zero-order valence-corrected chi connectivity index (χ0v) is 13.6. The van der Waals surface area contributed by atoms with Gasteiger partial charge in [-0.15, -0.1) is 0 Å². The summed E-state index contributed by atoms with van der Waals surface area (Å²) in [5.74, 6) is 2.18. The van der Waals surface area contributed by atoms with Crippen LogP contribution in [0.5, 0.6) is 0 Å². The largest absolute Gasteiger partial charge is 0.465 e. The fraction of sp³-hybridized carbons (Fsp3) is 0.500. The van der Waals surface area contributed by atoms with Crippen molar-refractivity contribution in [2.75, 3.05) is 25.7 Å². The Kier molecular flexibility index (Phi) is 5.30. The zero-order chi connectivity index (χ0) is 13.8. The van der Waals surface area contributed by atoms with Crippen LogP contribution < -0.4 is 0 Å². The minimum Gasteiger partial charge on any atom is -0.465 e. The van der Waals surface area contributed by atoms with E-state index in [1.54, 1.807) is 0 Å². The van der Waals surface area contributed by atoms with Gasteiger partial charge in [0.15, 0.2) is 0 Å². The van der Waals surface area contributed by atoms with Crippen molar-refractivity contribution in [1.29, 1.82) is 0 Å². The normalized spacial score (nSPS) is 18.8. The van der Waals surface area contributed by atoms with E-state index in [1.807, 2.05) is 30.0 Å². The van der Waals surface area contributed by atoms with Crippen molar-refractivity contribution in [3.63, 3.8) is 0 Å². The van der Waals surface area contributed by atoms with Crippen LogP contribution >= 0.6 is 27.7 Å². The number of rotatable bonds is 4. The summed E-state index contributed by atoms with van der Waals surface area (Å²) in [6, 6.07) is 6.31. The first-order chi connectivity index (χ1) is 9.11. The maximum Gasteiger partial charge on any atom is 0.337 e. The van der Waals surface area contributed by atoms with Gasteiger partial charge in [-0.3, -0.25) is 4.90 Å². The number of carbonyl (C=O) groups excluding carboxylic acids is 1. The SMILES string of the molecule is COC(=O)c1ccc(CN(C)C2CCSC2)c(Br)c1. The molecule has 0 amide bonds. The summed E-state index contributed by atoms with van der Waals surface area (Å²) in [5.41, 5.74) is 1.78. The molecule has 1 heterocycles. The van der Waals surface area contributed by atoms with Crippen LogP contribution in [0.25, 0.3) is 0 Å². The van der Waals surface area contributed by atoms with Gasteiger partial charge in [-0.2, -0.15) is 11.8 Å². The predicted octanol–water partition coefficient (Wildman–Crippen LogP) is 3.17. The van der Waals surface area contributed by atoms with Crippen molar-refractivity contribution in [2.24, 2.45) is 0 Å². The lowest BCUT2D eigenvalue weighted by Crippen LogP contribution is -2.31. The zero-order valence-electron chi connectivity index (χ0n) is 11.2. The van der Waals surface area contributed by atoms with E-state index in [2.05, 4.69) is 27.9 Å². The molecule has 1 aliphatic heterocycles. The first kappa shape index (κ1) is 14.9. The molecule has 1 aromatic carbocycles. The number of hydrogen-bond acceptors (Lipinski definition) is 4. The Morgan fingerprint density at radius 3 is 2.95 bits per heavy atom. The van der Waals surface area contributed by atoms with E-state index >= 15 is 0 Å². The van der Waals surface area contributed by atoms with Crippen LogP contribution in [-0.4, -0.2) is 42.6 Å². The van der Waals surface area contributed by atoms with Gasteiger partial charge in [-0.05, 0) is 36.9 Å². The molecule has 5 heteroatoms. The monoisotopic (exact) mass is 343 g/mol. The average molecular weight is 344 g/mol. The van der Waals surface area contributed by atoms with E-state index in [0.29, 0.717) is 11.6 Å². The summed E-state index contributed by atoms with van der Waals surface area (Å²) in [4.78, 5) is 13.8. The van der Waals surface area contributed by atoms with Crippen molar-refractivity contribution in [3.05, 3.63) is 33.8 Å². The molecule has 1 aliphatic rings. The van der Waals surface area contributed by atoms with E-state index in [1.165, 1.54) is 30.6 Å². The van der Waals surface area contributed by atoms with Crippen LogP contribution in [0.3, 0.4) is 0 Å². The van der Waals surface area contributed by atoms with Crippen LogP contribution in [0.15, 0.2) is 22.7 Å². The Bertz CT molecular complexity index is 461. The molecule has 1 fully saturated rings. The third-order valence-corrected chi connectivity index (χ3v) is 5.31. The number of esters is 1. The lowest BCUT2D eigenvalue weighted by molar-refractivity contribution is 0.0600. The van der Waals surface area contributed by atoms with E-state index < -0.39 is 0 Å². The van der Waals surface area contributed by atoms with Crippen LogP contribution in [-0.2, 0) is 11.3 Å². The van der Waals surface area contributed by atoms with Crippen molar-refractivity contribution < 1.29 is 9.53 Å². The molecule has 19 heavy (non-hydrogen) atoms. The third-order valence-electron chi connectivity index (χ3n) is 3.42. The second-order valence-corrected chi connectivity index (χ2v) is 6.73. The van der Waals surface area contributed by atoms with Gasteiger partial charge in [-0.25, -0.2) is 4.79 Å². The van der Waals surface area contributed by atoms with Crippen LogP contribution in [0.4, 0.5) is 0 Å². The highest BCUT2D eigenvalue weighted by Crippen LogP contribution is 2.25. The van der Waals surface area contributed by atoms with Crippen molar-refractivity contribution in [1.82, 2.24) is 4.90 Å². The quantitative estimate of drug-likeness (QED) is 0.785. The molecule has 1 unspecified atom stereocenters. The summed E-state index contributed by atoms with van der Waals surface area (Å²) in [7, 11) is 3.56. The highest BCUT2D eigenvalue weighted by molar-refractivity contribution is 9.10. The Hall–Kier alpha value is -0.520. The molecule has 0 spiro atoms. The smallest absolute Gasteiger partial charge is 0.337 e. The molecule has 0 saturated carbocycles. The van der Waals surface area contributed by atoms with Gasteiger partial charge in [0.25, 0.3) is 0 Å². The molecule has 0 bridgehead atoms. The van der Waals surface area contributed by atoms with Crippen molar-refractivity contribution in [3.8, 4) is 0 Å². The van der Waals surface area contributed by atoms with Gasteiger partial charge < -0.3 is 4.74 Å². The highest BCUT2D eigenvalue weighted by atomic mass is 79.9. The third kappa shape index (κ3) is 3.74. The molecule has 3 nitrogen and oxygen atoms in total. The lowest BCUT2D eigenvalue weighted by atomic mass is 10.1. The minimum absolute atomic E-state index is 0.298. The van der Waals surface area contributed by atoms with Gasteiger partial charge in [0, 0.05) is 22.8 Å². The number of ether oxygens (including phenoxy) is 1.